The summed E-state index contributed by atoms with van der Waals surface area (Å²) in [6.45, 7) is 1.82. The van der Waals surface area contributed by atoms with Crippen LogP contribution in [-0.2, 0) is 10.0 Å². The molecule has 7 heteroatoms. The molecule has 0 amide bonds. The fourth-order valence-corrected chi connectivity index (χ4v) is 3.11. The van der Waals surface area contributed by atoms with Gasteiger partial charge in [-0.3, -0.25) is 0 Å². The Balaban J connectivity index is 2.10. The predicted molar refractivity (Wildman–Crippen MR) is 91.2 cm³/mol. The Labute approximate surface area is 142 Å². The molecule has 118 valence electrons. The van der Waals surface area contributed by atoms with Gasteiger partial charge in [0.25, 0.3) is 0 Å². The van der Waals surface area contributed by atoms with Gasteiger partial charge < -0.3 is 4.52 Å². The minimum absolute atomic E-state index is 0.0700. The lowest BCUT2D eigenvalue weighted by Crippen LogP contribution is -2.11. The molecule has 0 spiro atoms. The summed E-state index contributed by atoms with van der Waals surface area (Å²) in [4.78, 5) is 0.0700. The van der Waals surface area contributed by atoms with E-state index in [9.17, 15) is 8.42 Å². The van der Waals surface area contributed by atoms with Gasteiger partial charge in [-0.15, -0.1) is 0 Å². The van der Waals surface area contributed by atoms with Crippen molar-refractivity contribution in [3.05, 3.63) is 58.8 Å². The van der Waals surface area contributed by atoms with E-state index in [2.05, 4.69) is 21.1 Å². The zero-order valence-corrected chi connectivity index (χ0v) is 14.6. The first-order valence-electron chi connectivity index (χ1n) is 6.72. The molecule has 0 saturated heterocycles. The van der Waals surface area contributed by atoms with Gasteiger partial charge in [-0.05, 0) is 36.8 Å². The van der Waals surface area contributed by atoms with Crippen LogP contribution in [0.25, 0.3) is 22.4 Å². The van der Waals surface area contributed by atoms with E-state index in [1.54, 1.807) is 12.1 Å². The summed E-state index contributed by atoms with van der Waals surface area (Å²) < 4.78 is 29.0. The molecule has 1 heterocycles. The molecule has 2 N–H and O–H groups in total. The number of nitrogens with two attached hydrogens (primary N) is 1. The predicted octanol–water partition coefficient (Wildman–Crippen LogP) is 3.73. The van der Waals surface area contributed by atoms with E-state index in [0.717, 1.165) is 21.2 Å². The molecule has 23 heavy (non-hydrogen) atoms. The fraction of sp³-hybridized carbons (Fsp3) is 0.0625. The van der Waals surface area contributed by atoms with Gasteiger partial charge in [0.2, 0.25) is 10.0 Å². The summed E-state index contributed by atoms with van der Waals surface area (Å²) in [5, 5.41) is 9.26. The lowest BCUT2D eigenvalue weighted by Gasteiger charge is -2.05. The van der Waals surface area contributed by atoms with E-state index in [0.29, 0.717) is 11.5 Å². The number of nitrogens with zero attached hydrogens (tertiary/aromatic N) is 1. The molecule has 0 saturated carbocycles. The Morgan fingerprint density at radius 3 is 2.13 bits per heavy atom. The van der Waals surface area contributed by atoms with Crippen LogP contribution in [0.4, 0.5) is 0 Å². The zero-order chi connectivity index (χ0) is 16.6. The van der Waals surface area contributed by atoms with Crippen LogP contribution in [0.2, 0.25) is 0 Å². The van der Waals surface area contributed by atoms with Crippen LogP contribution in [0.15, 0.2) is 62.4 Å². The number of hydrogen-bond donors (Lipinski definition) is 1. The van der Waals surface area contributed by atoms with Crippen LogP contribution in [0.3, 0.4) is 0 Å². The highest BCUT2D eigenvalue weighted by Crippen LogP contribution is 2.34. The molecule has 0 aliphatic carbocycles. The third-order valence-electron chi connectivity index (χ3n) is 3.45. The lowest BCUT2D eigenvalue weighted by atomic mass is 10.00. The SMILES string of the molecule is Cc1onc(-c2ccc(Br)cc2)c1-c1ccc(S(N)(=O)=O)cc1. The van der Waals surface area contributed by atoms with Gasteiger partial charge in [-0.2, -0.15) is 0 Å². The van der Waals surface area contributed by atoms with Crippen LogP contribution in [0, 0.1) is 6.92 Å². The molecule has 0 atom stereocenters. The smallest absolute Gasteiger partial charge is 0.238 e. The van der Waals surface area contributed by atoms with Gasteiger partial charge in [0.05, 0.1) is 10.5 Å². The number of aryl methyl sites for hydroxylation is 1. The molecule has 5 nitrogen and oxygen atoms in total. The van der Waals surface area contributed by atoms with Crippen molar-refractivity contribution in [3.8, 4) is 22.4 Å². The number of sulfonamides is 1. The standard InChI is InChI=1S/C16H13BrN2O3S/c1-10-15(11-4-8-14(9-5-11)23(18,20)21)16(19-22-10)12-2-6-13(17)7-3-12/h2-9H,1H3,(H2,18,20,21). The van der Waals surface area contributed by atoms with Crippen molar-refractivity contribution in [3.63, 3.8) is 0 Å². The number of benzene rings is 2. The van der Waals surface area contributed by atoms with E-state index in [1.165, 1.54) is 12.1 Å². The first-order chi connectivity index (χ1) is 10.9. The minimum Gasteiger partial charge on any atom is -0.360 e. The van der Waals surface area contributed by atoms with E-state index in [-0.39, 0.29) is 4.90 Å². The summed E-state index contributed by atoms with van der Waals surface area (Å²) in [6.07, 6.45) is 0. The van der Waals surface area contributed by atoms with Crippen molar-refractivity contribution in [2.75, 3.05) is 0 Å². The van der Waals surface area contributed by atoms with Crippen molar-refractivity contribution in [1.82, 2.24) is 5.16 Å². The number of aromatic nitrogens is 1. The molecular formula is C16H13BrN2O3S. The Bertz CT molecular complexity index is 946. The maximum Gasteiger partial charge on any atom is 0.238 e. The summed E-state index contributed by atoms with van der Waals surface area (Å²) in [5.41, 5.74) is 3.26. The number of rotatable bonds is 3. The Hall–Kier alpha value is -1.96. The average Bonchev–Trinajstić information content (AvgIpc) is 2.89. The molecule has 0 radical (unpaired) electrons. The Morgan fingerprint density at radius 2 is 1.57 bits per heavy atom. The van der Waals surface area contributed by atoms with Gasteiger partial charge in [0.15, 0.2) is 0 Å². The fourth-order valence-electron chi connectivity index (χ4n) is 2.33. The molecule has 0 bridgehead atoms. The number of hydrogen-bond acceptors (Lipinski definition) is 4. The summed E-state index contributed by atoms with van der Waals surface area (Å²) in [7, 11) is -3.71. The third kappa shape index (κ3) is 3.21. The van der Waals surface area contributed by atoms with E-state index >= 15 is 0 Å². The first-order valence-corrected chi connectivity index (χ1v) is 9.05. The molecular weight excluding hydrogens is 380 g/mol. The van der Waals surface area contributed by atoms with E-state index < -0.39 is 10.0 Å². The van der Waals surface area contributed by atoms with E-state index in [1.807, 2.05) is 31.2 Å². The molecule has 1 aromatic heterocycles. The van der Waals surface area contributed by atoms with Crippen LogP contribution < -0.4 is 5.14 Å². The maximum absolute atomic E-state index is 11.4. The topological polar surface area (TPSA) is 86.2 Å². The highest BCUT2D eigenvalue weighted by Gasteiger charge is 2.17. The molecule has 3 aromatic rings. The maximum atomic E-state index is 11.4. The normalized spacial score (nSPS) is 11.6. The molecule has 2 aromatic carbocycles. The van der Waals surface area contributed by atoms with Gasteiger partial charge in [-0.1, -0.05) is 45.4 Å². The van der Waals surface area contributed by atoms with Crippen LogP contribution in [0.5, 0.6) is 0 Å². The van der Waals surface area contributed by atoms with Gasteiger partial charge in [-0.25, -0.2) is 13.6 Å². The van der Waals surface area contributed by atoms with Crippen LogP contribution in [0.1, 0.15) is 5.76 Å². The zero-order valence-electron chi connectivity index (χ0n) is 12.2. The van der Waals surface area contributed by atoms with Crippen molar-refractivity contribution in [1.29, 1.82) is 0 Å². The van der Waals surface area contributed by atoms with Gasteiger partial charge in [0, 0.05) is 10.0 Å². The Kier molecular flexibility index (Phi) is 4.09. The summed E-state index contributed by atoms with van der Waals surface area (Å²) in [5.74, 6) is 0.659. The second-order valence-corrected chi connectivity index (χ2v) is 7.52. The van der Waals surface area contributed by atoms with Crippen molar-refractivity contribution >= 4 is 26.0 Å². The monoisotopic (exact) mass is 392 g/mol. The second kappa shape index (κ2) is 5.92. The van der Waals surface area contributed by atoms with E-state index in [4.69, 9.17) is 9.66 Å². The average molecular weight is 393 g/mol. The molecule has 3 rings (SSSR count). The Morgan fingerprint density at radius 1 is 1.00 bits per heavy atom. The van der Waals surface area contributed by atoms with Crippen molar-refractivity contribution in [2.24, 2.45) is 5.14 Å². The third-order valence-corrected chi connectivity index (χ3v) is 4.91. The highest BCUT2D eigenvalue weighted by molar-refractivity contribution is 9.10. The number of primary sulfonamides is 1. The lowest BCUT2D eigenvalue weighted by molar-refractivity contribution is 0.400. The van der Waals surface area contributed by atoms with Crippen LogP contribution >= 0.6 is 15.9 Å². The van der Waals surface area contributed by atoms with Crippen molar-refractivity contribution in [2.45, 2.75) is 11.8 Å². The van der Waals surface area contributed by atoms with Crippen molar-refractivity contribution < 1.29 is 12.9 Å². The second-order valence-electron chi connectivity index (χ2n) is 5.04. The molecule has 0 fully saturated rings. The summed E-state index contributed by atoms with van der Waals surface area (Å²) >= 11 is 3.40. The van der Waals surface area contributed by atoms with Gasteiger partial charge >= 0.3 is 0 Å². The molecule has 0 aliphatic rings. The van der Waals surface area contributed by atoms with Gasteiger partial charge in [0.1, 0.15) is 11.5 Å². The first kappa shape index (κ1) is 15.9. The molecule has 0 unspecified atom stereocenters. The van der Waals surface area contributed by atoms with Crippen LogP contribution in [-0.4, -0.2) is 13.6 Å². The highest BCUT2D eigenvalue weighted by atomic mass is 79.9. The quantitative estimate of drug-likeness (QED) is 0.735. The number of halogens is 1. The minimum atomic E-state index is -3.71. The largest absolute Gasteiger partial charge is 0.360 e. The molecule has 0 aliphatic heterocycles. The summed E-state index contributed by atoms with van der Waals surface area (Å²) in [6, 6.07) is 14.1.